The van der Waals surface area contributed by atoms with Gasteiger partial charge in [-0.1, -0.05) is 25.3 Å². The van der Waals surface area contributed by atoms with Gasteiger partial charge in [0, 0.05) is 6.04 Å². The van der Waals surface area contributed by atoms with Crippen molar-refractivity contribution in [3.05, 3.63) is 12.2 Å². The van der Waals surface area contributed by atoms with E-state index in [2.05, 4.69) is 25.7 Å². The van der Waals surface area contributed by atoms with Crippen LogP contribution in [0.5, 0.6) is 0 Å². The summed E-state index contributed by atoms with van der Waals surface area (Å²) >= 11 is 0. The topological polar surface area (TPSA) is 12.0 Å². The maximum Gasteiger partial charge on any atom is 0.00954 e. The molecule has 0 aromatic heterocycles. The zero-order valence-electron chi connectivity index (χ0n) is 10.5. The molecule has 0 saturated heterocycles. The van der Waals surface area contributed by atoms with Crippen LogP contribution in [0.15, 0.2) is 12.2 Å². The van der Waals surface area contributed by atoms with Gasteiger partial charge in [-0.05, 0) is 51.5 Å². The zero-order chi connectivity index (χ0) is 11.1. The number of hydrogen-bond acceptors (Lipinski definition) is 1. The van der Waals surface area contributed by atoms with Crippen LogP contribution in [0, 0.1) is 5.92 Å². The highest BCUT2D eigenvalue weighted by molar-refractivity contribution is 4.90. The Morgan fingerprint density at radius 3 is 2.73 bits per heavy atom. The fourth-order valence-corrected chi connectivity index (χ4v) is 2.58. The van der Waals surface area contributed by atoms with Crippen molar-refractivity contribution in [2.45, 2.75) is 64.8 Å². The molecule has 0 aliphatic heterocycles. The van der Waals surface area contributed by atoms with Gasteiger partial charge in [0.15, 0.2) is 0 Å². The molecule has 1 aliphatic carbocycles. The minimum absolute atomic E-state index is 0.790. The molecule has 15 heavy (non-hydrogen) atoms. The van der Waals surface area contributed by atoms with Gasteiger partial charge in [0.2, 0.25) is 0 Å². The normalized spacial score (nSPS) is 26.5. The molecule has 1 heteroatoms. The van der Waals surface area contributed by atoms with Crippen molar-refractivity contribution < 1.29 is 0 Å². The number of rotatable bonds is 6. The Labute approximate surface area is 95.3 Å². The maximum atomic E-state index is 4.01. The third-order valence-corrected chi connectivity index (χ3v) is 3.51. The van der Waals surface area contributed by atoms with Gasteiger partial charge >= 0.3 is 0 Å². The summed E-state index contributed by atoms with van der Waals surface area (Å²) in [5.41, 5.74) is 1.34. The highest BCUT2D eigenvalue weighted by Crippen LogP contribution is 2.28. The summed E-state index contributed by atoms with van der Waals surface area (Å²) in [7, 11) is 0. The van der Waals surface area contributed by atoms with Gasteiger partial charge in [-0.25, -0.2) is 0 Å². The summed E-state index contributed by atoms with van der Waals surface area (Å²) in [5.74, 6) is 0.905. The molecule has 1 aliphatic rings. The van der Waals surface area contributed by atoms with Gasteiger partial charge in [-0.2, -0.15) is 0 Å². The quantitative estimate of drug-likeness (QED) is 0.654. The molecule has 2 atom stereocenters. The highest BCUT2D eigenvalue weighted by atomic mass is 14.9. The van der Waals surface area contributed by atoms with Crippen LogP contribution in [0.3, 0.4) is 0 Å². The first-order valence-corrected chi connectivity index (χ1v) is 6.61. The van der Waals surface area contributed by atoms with Crippen LogP contribution < -0.4 is 5.32 Å². The molecule has 1 nitrogen and oxygen atoms in total. The van der Waals surface area contributed by atoms with Crippen molar-refractivity contribution in [1.29, 1.82) is 0 Å². The van der Waals surface area contributed by atoms with Gasteiger partial charge in [0.05, 0.1) is 0 Å². The van der Waals surface area contributed by atoms with Crippen LogP contribution in [0.1, 0.15) is 58.8 Å². The Morgan fingerprint density at radius 2 is 2.07 bits per heavy atom. The van der Waals surface area contributed by atoms with Crippen molar-refractivity contribution in [3.63, 3.8) is 0 Å². The van der Waals surface area contributed by atoms with Crippen LogP contribution in [0.4, 0.5) is 0 Å². The summed E-state index contributed by atoms with van der Waals surface area (Å²) in [6.45, 7) is 9.59. The zero-order valence-corrected chi connectivity index (χ0v) is 10.5. The predicted octanol–water partition coefficient (Wildman–Crippen LogP) is 3.90. The van der Waals surface area contributed by atoms with Crippen LogP contribution in [-0.4, -0.2) is 12.6 Å². The molecular weight excluding hydrogens is 182 g/mol. The number of nitrogens with one attached hydrogen (secondary N) is 1. The largest absolute Gasteiger partial charge is 0.314 e. The Balaban J connectivity index is 2.32. The van der Waals surface area contributed by atoms with Gasteiger partial charge < -0.3 is 5.32 Å². The van der Waals surface area contributed by atoms with Crippen molar-refractivity contribution in [2.75, 3.05) is 6.54 Å². The molecular formula is C14H27N. The highest BCUT2D eigenvalue weighted by Gasteiger charge is 2.23. The Bertz CT molecular complexity index is 186. The Kier molecular flexibility index (Phi) is 6.00. The monoisotopic (exact) mass is 209 g/mol. The van der Waals surface area contributed by atoms with E-state index in [9.17, 15) is 0 Å². The molecule has 0 radical (unpaired) electrons. The fraction of sp³-hybridized carbons (Fsp3) is 0.857. The second-order valence-corrected chi connectivity index (χ2v) is 5.10. The lowest BCUT2D eigenvalue weighted by atomic mass is 9.81. The summed E-state index contributed by atoms with van der Waals surface area (Å²) in [5, 5.41) is 3.72. The minimum Gasteiger partial charge on any atom is -0.314 e. The molecule has 0 aromatic rings. The number of hydrogen-bond donors (Lipinski definition) is 1. The predicted molar refractivity (Wildman–Crippen MR) is 68.1 cm³/mol. The molecule has 1 N–H and O–H groups in total. The minimum atomic E-state index is 0.790. The third kappa shape index (κ3) is 4.83. The molecule has 88 valence electrons. The van der Waals surface area contributed by atoms with E-state index in [4.69, 9.17) is 0 Å². The maximum absolute atomic E-state index is 4.01. The first-order chi connectivity index (χ1) is 7.24. The lowest BCUT2D eigenvalue weighted by Gasteiger charge is -2.32. The van der Waals surface area contributed by atoms with Gasteiger partial charge in [-0.3, -0.25) is 0 Å². The van der Waals surface area contributed by atoms with Crippen molar-refractivity contribution in [3.8, 4) is 0 Å². The lowest BCUT2D eigenvalue weighted by Crippen LogP contribution is -2.38. The summed E-state index contributed by atoms with van der Waals surface area (Å²) in [4.78, 5) is 0. The Morgan fingerprint density at radius 1 is 1.33 bits per heavy atom. The standard InChI is InChI=1S/C14H27N/c1-4-11-15-14-8-6-5-7-13(14)10-9-12(2)3/h13-15H,2,4-11H2,1,3H3. The summed E-state index contributed by atoms with van der Waals surface area (Å²) in [6.07, 6.45) is 9.49. The first-order valence-electron chi connectivity index (χ1n) is 6.61. The van der Waals surface area contributed by atoms with Gasteiger partial charge in [-0.15, -0.1) is 6.58 Å². The van der Waals surface area contributed by atoms with E-state index >= 15 is 0 Å². The Hall–Kier alpha value is -0.300. The SMILES string of the molecule is C=C(C)CCC1CCCCC1NCCC. The summed E-state index contributed by atoms with van der Waals surface area (Å²) in [6, 6.07) is 0.790. The average molecular weight is 209 g/mol. The van der Waals surface area contributed by atoms with Crippen LogP contribution >= 0.6 is 0 Å². The number of allylic oxidation sites excluding steroid dienone is 1. The fourth-order valence-electron chi connectivity index (χ4n) is 2.58. The van der Waals surface area contributed by atoms with Gasteiger partial charge in [0.25, 0.3) is 0 Å². The van der Waals surface area contributed by atoms with E-state index in [1.165, 1.54) is 57.1 Å². The molecule has 0 bridgehead atoms. The molecule has 0 spiro atoms. The molecule has 1 rings (SSSR count). The van der Waals surface area contributed by atoms with E-state index in [1.54, 1.807) is 0 Å². The van der Waals surface area contributed by atoms with E-state index < -0.39 is 0 Å². The van der Waals surface area contributed by atoms with E-state index in [0.29, 0.717) is 0 Å². The average Bonchev–Trinajstić information content (AvgIpc) is 2.24. The molecule has 0 heterocycles. The van der Waals surface area contributed by atoms with Crippen molar-refractivity contribution >= 4 is 0 Å². The molecule has 1 fully saturated rings. The van der Waals surface area contributed by atoms with Crippen LogP contribution in [0.25, 0.3) is 0 Å². The van der Waals surface area contributed by atoms with Crippen molar-refractivity contribution in [1.82, 2.24) is 5.32 Å². The summed E-state index contributed by atoms with van der Waals surface area (Å²) < 4.78 is 0. The van der Waals surface area contributed by atoms with Crippen LogP contribution in [0.2, 0.25) is 0 Å². The molecule has 1 saturated carbocycles. The second-order valence-electron chi connectivity index (χ2n) is 5.10. The molecule has 0 amide bonds. The van der Waals surface area contributed by atoms with Gasteiger partial charge in [0.1, 0.15) is 0 Å². The van der Waals surface area contributed by atoms with Crippen molar-refractivity contribution in [2.24, 2.45) is 5.92 Å². The molecule has 0 aromatic carbocycles. The second kappa shape index (κ2) is 7.05. The third-order valence-electron chi connectivity index (χ3n) is 3.51. The molecule has 2 unspecified atom stereocenters. The van der Waals surface area contributed by atoms with E-state index in [0.717, 1.165) is 12.0 Å². The smallest absolute Gasteiger partial charge is 0.00954 e. The van der Waals surface area contributed by atoms with E-state index in [-0.39, 0.29) is 0 Å². The van der Waals surface area contributed by atoms with E-state index in [1.807, 2.05) is 0 Å². The van der Waals surface area contributed by atoms with Crippen LogP contribution in [-0.2, 0) is 0 Å². The lowest BCUT2D eigenvalue weighted by molar-refractivity contribution is 0.250. The first kappa shape index (κ1) is 12.8.